The van der Waals surface area contributed by atoms with Crippen molar-refractivity contribution in [3.05, 3.63) is 63.7 Å². The van der Waals surface area contributed by atoms with E-state index in [1.165, 1.54) is 11.1 Å². The Bertz CT molecular complexity index is 822. The normalized spacial score (nSPS) is 11.1. The molecule has 0 fully saturated rings. The number of hydrogen-bond acceptors (Lipinski definition) is 2. The predicted molar refractivity (Wildman–Crippen MR) is 77.6 cm³/mol. The maximum atomic E-state index is 10.9. The van der Waals surface area contributed by atoms with Crippen molar-refractivity contribution < 1.29 is 4.92 Å². The fraction of sp³-hybridized carbons (Fsp3) is 0.125. The number of fused-ring (bicyclic) bond motifs is 3. The van der Waals surface area contributed by atoms with Crippen LogP contribution in [0.1, 0.15) is 11.1 Å². The van der Waals surface area contributed by atoms with Crippen molar-refractivity contribution in [2.75, 3.05) is 0 Å². The van der Waals surface area contributed by atoms with Crippen LogP contribution in [-0.2, 0) is 0 Å². The maximum absolute atomic E-state index is 10.9. The van der Waals surface area contributed by atoms with Crippen LogP contribution < -0.4 is 0 Å². The lowest BCUT2D eigenvalue weighted by Crippen LogP contribution is -1.89. The zero-order valence-corrected chi connectivity index (χ0v) is 10.8. The molecule has 0 atom stereocenters. The molecule has 3 rings (SSSR count). The third-order valence-electron chi connectivity index (χ3n) is 3.50. The lowest BCUT2D eigenvalue weighted by molar-refractivity contribution is -0.384. The van der Waals surface area contributed by atoms with E-state index in [1.807, 2.05) is 19.1 Å². The van der Waals surface area contributed by atoms with Gasteiger partial charge in [-0.3, -0.25) is 10.1 Å². The summed E-state index contributed by atoms with van der Waals surface area (Å²) >= 11 is 0. The summed E-state index contributed by atoms with van der Waals surface area (Å²) in [5.41, 5.74) is 2.51. The summed E-state index contributed by atoms with van der Waals surface area (Å²) in [4.78, 5) is 10.6. The molecule has 0 bridgehead atoms. The van der Waals surface area contributed by atoms with E-state index in [0.717, 1.165) is 21.5 Å². The summed E-state index contributed by atoms with van der Waals surface area (Å²) in [5, 5.41) is 15.1. The third kappa shape index (κ3) is 1.83. The number of nitro groups is 1. The highest BCUT2D eigenvalue weighted by Crippen LogP contribution is 2.31. The number of hydrogen-bond donors (Lipinski definition) is 0. The molecule has 0 unspecified atom stereocenters. The zero-order valence-electron chi connectivity index (χ0n) is 10.8. The summed E-state index contributed by atoms with van der Waals surface area (Å²) in [7, 11) is 0. The zero-order chi connectivity index (χ0) is 13.6. The second kappa shape index (κ2) is 4.05. The standard InChI is InChI=1S/C16H13NO2/c1-10-7-11(2)14-6-4-12-3-5-13(17(18)19)9-15(12)16(14)8-10/h3-9H,1-2H3. The number of aryl methyl sites for hydroxylation is 2. The molecular weight excluding hydrogens is 238 g/mol. The molecule has 3 nitrogen and oxygen atoms in total. The average molecular weight is 251 g/mol. The maximum Gasteiger partial charge on any atom is 0.270 e. The summed E-state index contributed by atoms with van der Waals surface area (Å²) in [6.45, 7) is 4.11. The van der Waals surface area contributed by atoms with E-state index in [9.17, 15) is 10.1 Å². The fourth-order valence-corrected chi connectivity index (χ4v) is 2.63. The molecule has 94 valence electrons. The van der Waals surface area contributed by atoms with E-state index < -0.39 is 0 Å². The second-order valence-electron chi connectivity index (χ2n) is 4.91. The molecule has 0 aliphatic rings. The molecule has 0 amide bonds. The van der Waals surface area contributed by atoms with Crippen LogP contribution >= 0.6 is 0 Å². The van der Waals surface area contributed by atoms with Gasteiger partial charge in [0, 0.05) is 12.1 Å². The van der Waals surface area contributed by atoms with Crippen LogP contribution in [0, 0.1) is 24.0 Å². The summed E-state index contributed by atoms with van der Waals surface area (Å²) in [5.74, 6) is 0. The van der Waals surface area contributed by atoms with Gasteiger partial charge in [-0.25, -0.2) is 0 Å². The summed E-state index contributed by atoms with van der Waals surface area (Å²) < 4.78 is 0. The number of nitrogens with zero attached hydrogens (tertiary/aromatic N) is 1. The molecule has 0 aliphatic carbocycles. The van der Waals surface area contributed by atoms with Crippen molar-refractivity contribution >= 4 is 27.2 Å². The largest absolute Gasteiger partial charge is 0.270 e. The van der Waals surface area contributed by atoms with Crippen molar-refractivity contribution in [3.8, 4) is 0 Å². The first-order valence-electron chi connectivity index (χ1n) is 6.14. The Hall–Kier alpha value is -2.42. The van der Waals surface area contributed by atoms with Crippen LogP contribution in [0.4, 0.5) is 5.69 Å². The van der Waals surface area contributed by atoms with Gasteiger partial charge in [0.1, 0.15) is 0 Å². The highest BCUT2D eigenvalue weighted by molar-refractivity contribution is 6.09. The van der Waals surface area contributed by atoms with Crippen molar-refractivity contribution in [2.24, 2.45) is 0 Å². The SMILES string of the molecule is Cc1cc(C)c2ccc3ccc([N+](=O)[O-])cc3c2c1. The minimum Gasteiger partial charge on any atom is -0.258 e. The molecule has 0 aliphatic heterocycles. The molecule has 0 spiro atoms. The molecule has 0 saturated carbocycles. The first-order chi connectivity index (χ1) is 9.06. The third-order valence-corrected chi connectivity index (χ3v) is 3.50. The minimum atomic E-state index is -0.346. The number of rotatable bonds is 1. The number of non-ortho nitro benzene ring substituents is 1. The number of nitro benzene ring substituents is 1. The molecule has 3 aromatic rings. The topological polar surface area (TPSA) is 43.1 Å². The predicted octanol–water partition coefficient (Wildman–Crippen LogP) is 4.52. The van der Waals surface area contributed by atoms with E-state index in [2.05, 4.69) is 25.1 Å². The Morgan fingerprint density at radius 2 is 1.63 bits per heavy atom. The molecular formula is C16H13NO2. The van der Waals surface area contributed by atoms with E-state index in [1.54, 1.807) is 12.1 Å². The molecule has 3 heteroatoms. The molecule has 3 aromatic carbocycles. The minimum absolute atomic E-state index is 0.138. The molecule has 19 heavy (non-hydrogen) atoms. The van der Waals surface area contributed by atoms with Gasteiger partial charge in [0.2, 0.25) is 0 Å². The van der Waals surface area contributed by atoms with Crippen LogP contribution in [0.15, 0.2) is 42.5 Å². The smallest absolute Gasteiger partial charge is 0.258 e. The molecule has 0 N–H and O–H groups in total. The summed E-state index contributed by atoms with van der Waals surface area (Å²) in [6.07, 6.45) is 0. The molecule has 0 radical (unpaired) electrons. The van der Waals surface area contributed by atoms with Gasteiger partial charge in [0.05, 0.1) is 4.92 Å². The van der Waals surface area contributed by atoms with Crippen LogP contribution in [0.2, 0.25) is 0 Å². The van der Waals surface area contributed by atoms with Gasteiger partial charge in [-0.15, -0.1) is 0 Å². The van der Waals surface area contributed by atoms with E-state index in [-0.39, 0.29) is 10.6 Å². The molecule has 0 heterocycles. The van der Waals surface area contributed by atoms with Crippen molar-refractivity contribution in [1.29, 1.82) is 0 Å². The monoisotopic (exact) mass is 251 g/mol. The van der Waals surface area contributed by atoms with Gasteiger partial charge in [0.15, 0.2) is 0 Å². The first-order valence-corrected chi connectivity index (χ1v) is 6.14. The quantitative estimate of drug-likeness (QED) is 0.362. The van der Waals surface area contributed by atoms with Crippen LogP contribution in [-0.4, -0.2) is 4.92 Å². The fourth-order valence-electron chi connectivity index (χ4n) is 2.63. The Balaban J connectivity index is 2.49. The molecule has 0 saturated heterocycles. The average Bonchev–Trinajstić information content (AvgIpc) is 2.37. The van der Waals surface area contributed by atoms with Gasteiger partial charge in [-0.1, -0.05) is 29.8 Å². The van der Waals surface area contributed by atoms with Crippen molar-refractivity contribution in [1.82, 2.24) is 0 Å². The Kier molecular flexibility index (Phi) is 2.49. The van der Waals surface area contributed by atoms with Crippen LogP contribution in [0.3, 0.4) is 0 Å². The van der Waals surface area contributed by atoms with Crippen LogP contribution in [0.25, 0.3) is 21.5 Å². The van der Waals surface area contributed by atoms with Gasteiger partial charge < -0.3 is 0 Å². The first kappa shape index (κ1) is 11.7. The van der Waals surface area contributed by atoms with Gasteiger partial charge >= 0.3 is 0 Å². The lowest BCUT2D eigenvalue weighted by atomic mass is 9.97. The summed E-state index contributed by atoms with van der Waals surface area (Å²) in [6, 6.07) is 13.3. The highest BCUT2D eigenvalue weighted by Gasteiger charge is 2.09. The molecule has 0 aromatic heterocycles. The van der Waals surface area contributed by atoms with Crippen molar-refractivity contribution in [3.63, 3.8) is 0 Å². The Labute approximate surface area is 110 Å². The highest BCUT2D eigenvalue weighted by atomic mass is 16.6. The second-order valence-corrected chi connectivity index (χ2v) is 4.91. The Morgan fingerprint density at radius 3 is 2.37 bits per heavy atom. The van der Waals surface area contributed by atoms with E-state index in [4.69, 9.17) is 0 Å². The van der Waals surface area contributed by atoms with Crippen LogP contribution in [0.5, 0.6) is 0 Å². The van der Waals surface area contributed by atoms with E-state index >= 15 is 0 Å². The number of benzene rings is 3. The van der Waals surface area contributed by atoms with E-state index in [0.29, 0.717) is 0 Å². The van der Waals surface area contributed by atoms with Gasteiger partial charge in [0.25, 0.3) is 5.69 Å². The van der Waals surface area contributed by atoms with Gasteiger partial charge in [-0.05, 0) is 47.0 Å². The lowest BCUT2D eigenvalue weighted by Gasteiger charge is -2.08. The Morgan fingerprint density at radius 1 is 0.895 bits per heavy atom. The van der Waals surface area contributed by atoms with Crippen molar-refractivity contribution in [2.45, 2.75) is 13.8 Å². The van der Waals surface area contributed by atoms with Gasteiger partial charge in [-0.2, -0.15) is 0 Å².